The second-order valence-corrected chi connectivity index (χ2v) is 8.22. The third-order valence-electron chi connectivity index (χ3n) is 5.17. The third kappa shape index (κ3) is 5.35. The summed E-state index contributed by atoms with van der Waals surface area (Å²) >= 11 is 5.34. The molecule has 0 unspecified atom stereocenters. The molecule has 0 aliphatic rings. The fourth-order valence-electron chi connectivity index (χ4n) is 3.40. The summed E-state index contributed by atoms with van der Waals surface area (Å²) in [5.41, 5.74) is 3.35. The number of rotatable bonds is 7. The number of aromatic nitrogens is 1. The van der Waals surface area contributed by atoms with E-state index in [1.807, 2.05) is 30.3 Å². The van der Waals surface area contributed by atoms with Crippen LogP contribution in [0.2, 0.25) is 0 Å². The summed E-state index contributed by atoms with van der Waals surface area (Å²) in [5, 5.41) is 16.4. The van der Waals surface area contributed by atoms with Crippen LogP contribution in [0.1, 0.15) is 35.7 Å². The van der Waals surface area contributed by atoms with Crippen molar-refractivity contribution in [2.75, 3.05) is 11.9 Å². The Labute approximate surface area is 202 Å². The van der Waals surface area contributed by atoms with Crippen molar-refractivity contribution in [1.82, 2.24) is 10.3 Å². The predicted octanol–water partition coefficient (Wildman–Crippen LogP) is 5.81. The Kier molecular flexibility index (Phi) is 7.08. The van der Waals surface area contributed by atoms with Crippen LogP contribution in [0.25, 0.3) is 22.6 Å². The average Bonchev–Trinajstić information content (AvgIpc) is 3.25. The van der Waals surface area contributed by atoms with E-state index < -0.39 is 0 Å². The molecule has 1 heterocycles. The zero-order valence-electron chi connectivity index (χ0n) is 18.9. The molecule has 7 nitrogen and oxygen atoms in total. The van der Waals surface area contributed by atoms with E-state index in [4.69, 9.17) is 21.4 Å². The first-order chi connectivity index (χ1) is 16.4. The van der Waals surface area contributed by atoms with Crippen molar-refractivity contribution in [1.29, 1.82) is 0 Å². The molecule has 34 heavy (non-hydrogen) atoms. The SMILES string of the molecule is CCCCOc1cccc(C(=O)NC(=S)Nc2cc(C)c(O)c(-c3nc4ccccc4o3)c2)c1. The molecule has 4 rings (SSSR count). The topological polar surface area (TPSA) is 96.6 Å². The molecule has 1 amide bonds. The van der Waals surface area contributed by atoms with Crippen molar-refractivity contribution in [3.63, 3.8) is 0 Å². The van der Waals surface area contributed by atoms with Gasteiger partial charge in [-0.3, -0.25) is 10.1 Å². The molecule has 0 fully saturated rings. The number of benzene rings is 3. The van der Waals surface area contributed by atoms with Crippen LogP contribution in [0.3, 0.4) is 0 Å². The normalized spacial score (nSPS) is 10.8. The van der Waals surface area contributed by atoms with Gasteiger partial charge in [-0.15, -0.1) is 0 Å². The first-order valence-electron chi connectivity index (χ1n) is 11.0. The number of nitrogens with one attached hydrogen (secondary N) is 2. The van der Waals surface area contributed by atoms with Gasteiger partial charge in [0.25, 0.3) is 5.91 Å². The third-order valence-corrected chi connectivity index (χ3v) is 5.38. The number of nitrogens with zero attached hydrogens (tertiary/aromatic N) is 1. The number of oxazole rings is 1. The van der Waals surface area contributed by atoms with E-state index in [1.165, 1.54) is 0 Å². The molecule has 1 aromatic heterocycles. The Bertz CT molecular complexity index is 1320. The number of phenolic OH excluding ortho intramolecular Hbond substituents is 1. The zero-order chi connectivity index (χ0) is 24.1. The lowest BCUT2D eigenvalue weighted by Gasteiger charge is -2.13. The minimum absolute atomic E-state index is 0.0620. The fraction of sp³-hybridized carbons (Fsp3) is 0.192. The number of carbonyl (C=O) groups is 1. The first-order valence-corrected chi connectivity index (χ1v) is 11.4. The summed E-state index contributed by atoms with van der Waals surface area (Å²) in [7, 11) is 0. The van der Waals surface area contributed by atoms with Gasteiger partial charge in [0.15, 0.2) is 10.7 Å². The summed E-state index contributed by atoms with van der Waals surface area (Å²) < 4.78 is 11.5. The van der Waals surface area contributed by atoms with Crippen LogP contribution in [-0.2, 0) is 0 Å². The molecule has 0 radical (unpaired) electrons. The van der Waals surface area contributed by atoms with E-state index in [1.54, 1.807) is 37.3 Å². The van der Waals surface area contributed by atoms with Crippen LogP contribution in [0, 0.1) is 6.92 Å². The van der Waals surface area contributed by atoms with Crippen LogP contribution >= 0.6 is 12.2 Å². The highest BCUT2D eigenvalue weighted by Crippen LogP contribution is 2.36. The number of aromatic hydroxyl groups is 1. The number of anilines is 1. The summed E-state index contributed by atoms with van der Waals surface area (Å²) in [5.74, 6) is 0.637. The predicted molar refractivity (Wildman–Crippen MR) is 136 cm³/mol. The summed E-state index contributed by atoms with van der Waals surface area (Å²) in [6, 6.07) is 17.7. The van der Waals surface area contributed by atoms with Gasteiger partial charge in [0.2, 0.25) is 5.89 Å². The minimum Gasteiger partial charge on any atom is -0.507 e. The fourth-order valence-corrected chi connectivity index (χ4v) is 3.61. The van der Waals surface area contributed by atoms with Gasteiger partial charge in [-0.05, 0) is 73.6 Å². The maximum absolute atomic E-state index is 12.7. The zero-order valence-corrected chi connectivity index (χ0v) is 19.7. The van der Waals surface area contributed by atoms with Gasteiger partial charge < -0.3 is 19.6 Å². The number of para-hydroxylation sites is 2. The smallest absolute Gasteiger partial charge is 0.257 e. The van der Waals surface area contributed by atoms with E-state index in [0.29, 0.717) is 51.7 Å². The number of ether oxygens (including phenoxy) is 1. The van der Waals surface area contributed by atoms with Gasteiger partial charge in [-0.25, -0.2) is 4.98 Å². The molecule has 0 spiro atoms. The highest BCUT2D eigenvalue weighted by molar-refractivity contribution is 7.80. The lowest BCUT2D eigenvalue weighted by atomic mass is 10.1. The second kappa shape index (κ2) is 10.4. The monoisotopic (exact) mass is 475 g/mol. The standard InChI is InChI=1S/C26H25N3O4S/c1-3-4-12-32-19-9-7-8-17(14-19)24(31)29-26(34)27-18-13-16(2)23(30)20(15-18)25-28-21-10-5-6-11-22(21)33-25/h5-11,13-15,30H,3-4,12H2,1-2H3,(H2,27,29,31,34). The molecule has 4 aromatic rings. The van der Waals surface area contributed by atoms with Crippen molar-refractivity contribution < 1.29 is 19.1 Å². The number of fused-ring (bicyclic) bond motifs is 1. The van der Waals surface area contributed by atoms with Gasteiger partial charge in [0, 0.05) is 11.3 Å². The first kappa shape index (κ1) is 23.3. The van der Waals surface area contributed by atoms with Gasteiger partial charge in [0.05, 0.1) is 12.2 Å². The number of phenols is 1. The molecule has 0 saturated carbocycles. The Morgan fingerprint density at radius 2 is 1.97 bits per heavy atom. The largest absolute Gasteiger partial charge is 0.507 e. The van der Waals surface area contributed by atoms with Crippen LogP contribution in [0.15, 0.2) is 65.1 Å². The van der Waals surface area contributed by atoms with E-state index >= 15 is 0 Å². The van der Waals surface area contributed by atoms with E-state index in [2.05, 4.69) is 22.5 Å². The van der Waals surface area contributed by atoms with E-state index in [0.717, 1.165) is 12.8 Å². The van der Waals surface area contributed by atoms with Gasteiger partial charge >= 0.3 is 0 Å². The maximum Gasteiger partial charge on any atom is 0.257 e. The number of aryl methyl sites for hydroxylation is 1. The molecule has 0 atom stereocenters. The number of thiocarbonyl (C=S) groups is 1. The van der Waals surface area contributed by atoms with Crippen molar-refractivity contribution in [3.05, 3.63) is 71.8 Å². The van der Waals surface area contributed by atoms with Gasteiger partial charge in [-0.2, -0.15) is 0 Å². The molecule has 174 valence electrons. The van der Waals surface area contributed by atoms with Crippen molar-refractivity contribution in [2.24, 2.45) is 0 Å². The number of carbonyl (C=O) groups excluding carboxylic acids is 1. The Morgan fingerprint density at radius 3 is 2.76 bits per heavy atom. The second-order valence-electron chi connectivity index (χ2n) is 7.81. The average molecular weight is 476 g/mol. The molecule has 0 saturated heterocycles. The number of amides is 1. The van der Waals surface area contributed by atoms with Gasteiger partial charge in [-0.1, -0.05) is 31.5 Å². The van der Waals surface area contributed by atoms with Crippen molar-refractivity contribution in [3.8, 4) is 23.0 Å². The quantitative estimate of drug-likeness (QED) is 0.176. The molecule has 0 bridgehead atoms. The molecular weight excluding hydrogens is 450 g/mol. The van der Waals surface area contributed by atoms with Crippen LogP contribution in [-0.4, -0.2) is 27.7 Å². The number of unbranched alkanes of at least 4 members (excludes halogenated alkanes) is 1. The lowest BCUT2D eigenvalue weighted by molar-refractivity contribution is 0.0977. The molecule has 3 aromatic carbocycles. The van der Waals surface area contributed by atoms with Crippen LogP contribution < -0.4 is 15.4 Å². The van der Waals surface area contributed by atoms with E-state index in [-0.39, 0.29) is 16.8 Å². The van der Waals surface area contributed by atoms with Crippen LogP contribution in [0.4, 0.5) is 5.69 Å². The van der Waals surface area contributed by atoms with Crippen molar-refractivity contribution in [2.45, 2.75) is 26.7 Å². The minimum atomic E-state index is -0.354. The molecule has 0 aliphatic carbocycles. The van der Waals surface area contributed by atoms with E-state index in [9.17, 15) is 9.90 Å². The summed E-state index contributed by atoms with van der Waals surface area (Å²) in [6.45, 7) is 4.45. The molecule has 8 heteroatoms. The highest BCUT2D eigenvalue weighted by Gasteiger charge is 2.16. The van der Waals surface area contributed by atoms with Crippen molar-refractivity contribution >= 4 is 40.0 Å². The Hall–Kier alpha value is -3.91. The maximum atomic E-state index is 12.7. The summed E-state index contributed by atoms with van der Waals surface area (Å²) in [6.07, 6.45) is 1.98. The molecule has 0 aliphatic heterocycles. The number of hydrogen-bond donors (Lipinski definition) is 3. The lowest BCUT2D eigenvalue weighted by Crippen LogP contribution is -2.34. The Morgan fingerprint density at radius 1 is 1.15 bits per heavy atom. The molecular formula is C26H25N3O4S. The van der Waals surface area contributed by atoms with Gasteiger partial charge in [0.1, 0.15) is 17.0 Å². The number of hydrogen-bond acceptors (Lipinski definition) is 6. The van der Waals surface area contributed by atoms with Crippen LogP contribution in [0.5, 0.6) is 11.5 Å². The highest BCUT2D eigenvalue weighted by atomic mass is 32.1. The summed E-state index contributed by atoms with van der Waals surface area (Å²) in [4.78, 5) is 17.1. The molecule has 3 N–H and O–H groups in total. The Balaban J connectivity index is 1.48.